The first-order valence-electron chi connectivity index (χ1n) is 11.7. The van der Waals surface area contributed by atoms with Crippen LogP contribution in [0.4, 0.5) is 10.1 Å². The highest BCUT2D eigenvalue weighted by atomic mass is 19.1. The van der Waals surface area contributed by atoms with E-state index < -0.39 is 23.1 Å². The molecule has 2 N–H and O–H groups in total. The molecule has 9 heteroatoms. The number of ether oxygens (including phenoxy) is 1. The highest BCUT2D eigenvalue weighted by molar-refractivity contribution is 5.99. The van der Waals surface area contributed by atoms with Crippen LogP contribution in [0.5, 0.6) is 11.5 Å². The summed E-state index contributed by atoms with van der Waals surface area (Å²) in [5.41, 5.74) is 2.65. The largest absolute Gasteiger partial charge is 0.504 e. The van der Waals surface area contributed by atoms with Gasteiger partial charge in [0.05, 0.1) is 46.8 Å². The second-order valence-corrected chi connectivity index (χ2v) is 9.00. The monoisotopic (exact) mass is 498 g/mol. The number of nitrogens with one attached hydrogen (secondary N) is 1. The molecule has 1 aliphatic rings. The molecule has 1 aliphatic heterocycles. The maximum Gasteiger partial charge on any atom is 0.331 e. The number of phenolic OH excluding ortho intramolecular Hbond substituents is 1. The predicted octanol–water partition coefficient (Wildman–Crippen LogP) is 4.06. The van der Waals surface area contributed by atoms with Crippen molar-refractivity contribution in [2.45, 2.75) is 6.04 Å². The fourth-order valence-corrected chi connectivity index (χ4v) is 5.26. The standard InChI is InChI=1S/C28H23FN4O4/c1-31-25-22(27(35)32(2)28(31)36)24(16-8-4-5-9-17(16)29)33-19-11-7-6-10-18(19)30-23(26(25)33)15-12-13-21(37-3)20(34)14-15/h4-14,23,30,34H,1-3H3. The van der Waals surface area contributed by atoms with Crippen molar-refractivity contribution in [1.29, 1.82) is 0 Å². The average molecular weight is 499 g/mol. The van der Waals surface area contributed by atoms with E-state index in [1.165, 1.54) is 24.8 Å². The molecule has 1 atom stereocenters. The van der Waals surface area contributed by atoms with Crippen LogP contribution in [-0.2, 0) is 14.1 Å². The van der Waals surface area contributed by atoms with Crippen LogP contribution in [0.3, 0.4) is 0 Å². The van der Waals surface area contributed by atoms with Crippen LogP contribution in [0.15, 0.2) is 76.3 Å². The SMILES string of the molecule is COc1ccc(C2Nc3ccccc3-n3c(-c4ccccc4F)c4c(=O)n(C)c(=O)n(C)c4c32)cc1O. The Labute approximate surface area is 210 Å². The number of phenols is 1. The summed E-state index contributed by atoms with van der Waals surface area (Å²) >= 11 is 0. The minimum Gasteiger partial charge on any atom is -0.504 e. The van der Waals surface area contributed by atoms with Gasteiger partial charge in [0.15, 0.2) is 11.5 Å². The molecule has 8 nitrogen and oxygen atoms in total. The van der Waals surface area contributed by atoms with Crippen molar-refractivity contribution in [3.05, 3.63) is 105 Å². The van der Waals surface area contributed by atoms with E-state index in [0.717, 1.165) is 10.3 Å². The first-order chi connectivity index (χ1) is 17.8. The maximum absolute atomic E-state index is 15.3. The van der Waals surface area contributed by atoms with Crippen LogP contribution in [-0.4, -0.2) is 25.9 Å². The van der Waals surface area contributed by atoms with E-state index in [1.807, 2.05) is 28.8 Å². The van der Waals surface area contributed by atoms with Gasteiger partial charge in [-0.05, 0) is 42.0 Å². The lowest BCUT2D eigenvalue weighted by Gasteiger charge is -2.31. The van der Waals surface area contributed by atoms with E-state index in [0.29, 0.717) is 33.9 Å². The number of hydrogen-bond donors (Lipinski definition) is 2. The topological polar surface area (TPSA) is 90.4 Å². The summed E-state index contributed by atoms with van der Waals surface area (Å²) in [4.78, 5) is 26.7. The van der Waals surface area contributed by atoms with Crippen LogP contribution in [0.1, 0.15) is 17.3 Å². The van der Waals surface area contributed by atoms with Crippen molar-refractivity contribution in [3.63, 3.8) is 0 Å². The minimum absolute atomic E-state index is 0.0535. The van der Waals surface area contributed by atoms with Crippen molar-refractivity contribution in [3.8, 4) is 28.4 Å². The lowest BCUT2D eigenvalue weighted by atomic mass is 9.99. The highest BCUT2D eigenvalue weighted by Crippen LogP contribution is 2.46. The molecule has 0 aliphatic carbocycles. The molecular formula is C28H23FN4O4. The van der Waals surface area contributed by atoms with Gasteiger partial charge in [-0.3, -0.25) is 13.9 Å². The van der Waals surface area contributed by atoms with Crippen molar-refractivity contribution in [2.24, 2.45) is 14.1 Å². The van der Waals surface area contributed by atoms with Crippen LogP contribution in [0, 0.1) is 5.82 Å². The van der Waals surface area contributed by atoms with Crippen LogP contribution in [0.2, 0.25) is 0 Å². The molecule has 3 heterocycles. The number of halogens is 1. The maximum atomic E-state index is 15.3. The van der Waals surface area contributed by atoms with E-state index >= 15 is 4.39 Å². The third-order valence-corrected chi connectivity index (χ3v) is 6.99. The number of anilines is 1. The summed E-state index contributed by atoms with van der Waals surface area (Å²) in [6.07, 6.45) is 0. The Kier molecular flexibility index (Phi) is 4.98. The number of para-hydroxylation sites is 2. The molecule has 0 amide bonds. The van der Waals surface area contributed by atoms with Gasteiger partial charge in [-0.1, -0.05) is 30.3 Å². The summed E-state index contributed by atoms with van der Waals surface area (Å²) < 4.78 is 24.9. The Morgan fingerprint density at radius 2 is 1.70 bits per heavy atom. The number of nitrogens with zero attached hydrogens (tertiary/aromatic N) is 3. The van der Waals surface area contributed by atoms with Crippen LogP contribution < -0.4 is 21.3 Å². The summed E-state index contributed by atoms with van der Waals surface area (Å²) in [7, 11) is 4.48. The van der Waals surface area contributed by atoms with E-state index in [9.17, 15) is 14.7 Å². The predicted molar refractivity (Wildman–Crippen MR) is 139 cm³/mol. The second-order valence-electron chi connectivity index (χ2n) is 9.00. The van der Waals surface area contributed by atoms with Crippen molar-refractivity contribution >= 4 is 16.6 Å². The zero-order valence-corrected chi connectivity index (χ0v) is 20.3. The molecule has 1 unspecified atom stereocenters. The molecule has 0 radical (unpaired) electrons. The average Bonchev–Trinajstić information content (AvgIpc) is 3.27. The molecule has 0 bridgehead atoms. The number of aromatic hydroxyl groups is 1. The summed E-state index contributed by atoms with van der Waals surface area (Å²) in [6.45, 7) is 0. The molecule has 6 rings (SSSR count). The zero-order chi connectivity index (χ0) is 26.0. The molecule has 3 aromatic carbocycles. The summed E-state index contributed by atoms with van der Waals surface area (Å²) in [6, 6.07) is 18.2. The fourth-order valence-electron chi connectivity index (χ4n) is 5.26. The van der Waals surface area contributed by atoms with E-state index in [2.05, 4.69) is 5.32 Å². The van der Waals surface area contributed by atoms with Gasteiger partial charge in [-0.25, -0.2) is 9.18 Å². The fraction of sp³-hybridized carbons (Fsp3) is 0.143. The van der Waals surface area contributed by atoms with Crippen LogP contribution in [0.25, 0.3) is 27.8 Å². The Bertz CT molecular complexity index is 1850. The number of rotatable bonds is 3. The van der Waals surface area contributed by atoms with Crippen molar-refractivity contribution in [2.75, 3.05) is 12.4 Å². The second kappa shape index (κ2) is 8.12. The quantitative estimate of drug-likeness (QED) is 0.392. The van der Waals surface area contributed by atoms with Gasteiger partial charge in [-0.2, -0.15) is 0 Å². The molecule has 5 aromatic rings. The third kappa shape index (κ3) is 3.13. The van der Waals surface area contributed by atoms with Gasteiger partial charge >= 0.3 is 5.69 Å². The molecule has 0 fully saturated rings. The van der Waals surface area contributed by atoms with Crippen LogP contribution >= 0.6 is 0 Å². The Morgan fingerprint density at radius 3 is 2.43 bits per heavy atom. The van der Waals surface area contributed by atoms with E-state index in [-0.39, 0.29) is 16.7 Å². The molecule has 0 saturated carbocycles. The number of benzene rings is 3. The van der Waals surface area contributed by atoms with Gasteiger partial charge in [0, 0.05) is 19.7 Å². The summed E-state index contributed by atoms with van der Waals surface area (Å²) in [5, 5.41) is 14.3. The number of fused-ring (bicyclic) bond motifs is 5. The number of aromatic nitrogens is 3. The number of aryl methyl sites for hydroxylation is 1. The van der Waals surface area contributed by atoms with E-state index in [4.69, 9.17) is 4.74 Å². The van der Waals surface area contributed by atoms with Gasteiger partial charge in [0.1, 0.15) is 5.82 Å². The zero-order valence-electron chi connectivity index (χ0n) is 20.3. The smallest absolute Gasteiger partial charge is 0.331 e. The first kappa shape index (κ1) is 22.7. The van der Waals surface area contributed by atoms with Crippen molar-refractivity contribution < 1.29 is 14.2 Å². The lowest BCUT2D eigenvalue weighted by Crippen LogP contribution is -2.37. The van der Waals surface area contributed by atoms with Gasteiger partial charge in [0.2, 0.25) is 0 Å². The molecular weight excluding hydrogens is 475 g/mol. The number of hydrogen-bond acceptors (Lipinski definition) is 5. The highest BCUT2D eigenvalue weighted by Gasteiger charge is 2.35. The van der Waals surface area contributed by atoms with Gasteiger partial charge in [-0.15, -0.1) is 0 Å². The van der Waals surface area contributed by atoms with E-state index in [1.54, 1.807) is 43.4 Å². The molecule has 0 spiro atoms. The normalized spacial score (nSPS) is 14.2. The van der Waals surface area contributed by atoms with Gasteiger partial charge < -0.3 is 19.7 Å². The lowest BCUT2D eigenvalue weighted by molar-refractivity contribution is 0.373. The molecule has 186 valence electrons. The van der Waals surface area contributed by atoms with Crippen molar-refractivity contribution in [1.82, 2.24) is 13.7 Å². The molecule has 0 saturated heterocycles. The Hall–Kier alpha value is -4.79. The molecule has 2 aromatic heterocycles. The molecule has 37 heavy (non-hydrogen) atoms. The number of methoxy groups -OCH3 is 1. The van der Waals surface area contributed by atoms with Gasteiger partial charge in [0.25, 0.3) is 5.56 Å². The summed E-state index contributed by atoms with van der Waals surface area (Å²) in [5.74, 6) is -0.231. The Morgan fingerprint density at radius 1 is 0.973 bits per heavy atom. The Balaban J connectivity index is 1.84. The minimum atomic E-state index is -0.590. The third-order valence-electron chi connectivity index (χ3n) is 6.99. The first-order valence-corrected chi connectivity index (χ1v) is 11.7.